The van der Waals surface area contributed by atoms with Crippen molar-refractivity contribution in [2.45, 2.75) is 47.1 Å². The Kier molecular flexibility index (Phi) is 4.76. The molecule has 128 valence electrons. The number of aromatic nitrogens is 1. The molecule has 5 nitrogen and oxygen atoms in total. The van der Waals surface area contributed by atoms with Crippen molar-refractivity contribution in [3.05, 3.63) is 17.0 Å². The van der Waals surface area contributed by atoms with E-state index in [1.54, 1.807) is 0 Å². The summed E-state index contributed by atoms with van der Waals surface area (Å²) < 4.78 is 5.28. The van der Waals surface area contributed by atoms with E-state index in [0.29, 0.717) is 30.1 Å². The van der Waals surface area contributed by atoms with E-state index in [4.69, 9.17) is 4.52 Å². The van der Waals surface area contributed by atoms with E-state index in [2.05, 4.69) is 28.8 Å². The monoisotopic (exact) mass is 319 g/mol. The van der Waals surface area contributed by atoms with E-state index >= 15 is 0 Å². The minimum Gasteiger partial charge on any atom is -0.361 e. The summed E-state index contributed by atoms with van der Waals surface area (Å²) >= 11 is 0. The zero-order chi connectivity index (χ0) is 16.6. The number of hydrogen-bond acceptors (Lipinski definition) is 4. The number of aryl methyl sites for hydroxylation is 2. The van der Waals surface area contributed by atoms with Crippen molar-refractivity contribution in [1.29, 1.82) is 0 Å². The molecular weight excluding hydrogens is 290 g/mol. The van der Waals surface area contributed by atoms with Crippen LogP contribution in [0.25, 0.3) is 0 Å². The SMILES string of the molecule is Cc1noc(C)c1CN1CC[C@@H]2CN(C(=O)CC(C)C)C[C@@H]2C1. The molecule has 23 heavy (non-hydrogen) atoms. The minimum absolute atomic E-state index is 0.340. The molecule has 2 saturated heterocycles. The molecule has 2 aliphatic rings. The summed E-state index contributed by atoms with van der Waals surface area (Å²) in [6, 6.07) is 0. The van der Waals surface area contributed by atoms with Gasteiger partial charge in [0, 0.05) is 38.2 Å². The minimum atomic E-state index is 0.340. The molecule has 5 heteroatoms. The third-order valence-corrected chi connectivity index (χ3v) is 5.38. The van der Waals surface area contributed by atoms with Crippen molar-refractivity contribution < 1.29 is 9.32 Å². The molecule has 3 heterocycles. The molecule has 2 fully saturated rings. The van der Waals surface area contributed by atoms with Crippen molar-refractivity contribution in [3.63, 3.8) is 0 Å². The zero-order valence-corrected chi connectivity index (χ0v) is 14.8. The largest absolute Gasteiger partial charge is 0.361 e. The molecule has 0 spiro atoms. The quantitative estimate of drug-likeness (QED) is 0.856. The van der Waals surface area contributed by atoms with E-state index in [9.17, 15) is 4.79 Å². The topological polar surface area (TPSA) is 49.6 Å². The predicted octanol–water partition coefficient (Wildman–Crippen LogP) is 2.62. The number of nitrogens with zero attached hydrogens (tertiary/aromatic N) is 3. The average molecular weight is 319 g/mol. The van der Waals surface area contributed by atoms with Gasteiger partial charge in [0.15, 0.2) is 0 Å². The van der Waals surface area contributed by atoms with Crippen LogP contribution in [0.2, 0.25) is 0 Å². The first-order valence-electron chi connectivity index (χ1n) is 8.86. The molecular formula is C18H29N3O2. The number of hydrogen-bond donors (Lipinski definition) is 0. The van der Waals surface area contributed by atoms with Gasteiger partial charge in [-0.3, -0.25) is 9.69 Å². The Morgan fingerprint density at radius 1 is 1.26 bits per heavy atom. The number of carbonyl (C=O) groups is 1. The third-order valence-electron chi connectivity index (χ3n) is 5.38. The predicted molar refractivity (Wildman–Crippen MR) is 88.9 cm³/mol. The van der Waals surface area contributed by atoms with Crippen molar-refractivity contribution in [1.82, 2.24) is 15.0 Å². The van der Waals surface area contributed by atoms with Gasteiger partial charge in [0.2, 0.25) is 5.91 Å². The molecule has 0 aromatic carbocycles. The van der Waals surface area contributed by atoms with Crippen molar-refractivity contribution >= 4 is 5.91 Å². The Morgan fingerprint density at radius 3 is 2.65 bits per heavy atom. The zero-order valence-electron chi connectivity index (χ0n) is 14.8. The molecule has 0 bridgehead atoms. The summed E-state index contributed by atoms with van der Waals surface area (Å²) in [6.45, 7) is 13.3. The lowest BCUT2D eigenvalue weighted by atomic mass is 9.88. The van der Waals surface area contributed by atoms with Crippen LogP contribution >= 0.6 is 0 Å². The highest BCUT2D eigenvalue weighted by Gasteiger charge is 2.38. The fourth-order valence-electron chi connectivity index (χ4n) is 4.02. The third kappa shape index (κ3) is 3.60. The first-order chi connectivity index (χ1) is 10.9. The van der Waals surface area contributed by atoms with Gasteiger partial charge in [0.05, 0.1) is 5.69 Å². The first-order valence-corrected chi connectivity index (χ1v) is 8.86. The number of likely N-dealkylation sites (tertiary alicyclic amines) is 2. The van der Waals surface area contributed by atoms with Crippen molar-refractivity contribution in [3.8, 4) is 0 Å². The second kappa shape index (κ2) is 6.63. The summed E-state index contributed by atoms with van der Waals surface area (Å²) in [5, 5.41) is 4.06. The highest BCUT2D eigenvalue weighted by Crippen LogP contribution is 2.32. The maximum atomic E-state index is 12.3. The van der Waals surface area contributed by atoms with Crippen LogP contribution in [0.5, 0.6) is 0 Å². The van der Waals surface area contributed by atoms with E-state index in [0.717, 1.165) is 44.2 Å². The van der Waals surface area contributed by atoms with Crippen LogP contribution in [0.1, 0.15) is 43.7 Å². The molecule has 0 unspecified atom stereocenters. The van der Waals surface area contributed by atoms with Crippen LogP contribution in [0.3, 0.4) is 0 Å². The fraction of sp³-hybridized carbons (Fsp3) is 0.778. The molecule has 0 radical (unpaired) electrons. The molecule has 2 aliphatic heterocycles. The Bertz CT molecular complexity index is 547. The van der Waals surface area contributed by atoms with Crippen LogP contribution in [-0.4, -0.2) is 47.0 Å². The summed E-state index contributed by atoms with van der Waals surface area (Å²) in [6.07, 6.45) is 1.88. The second-order valence-corrected chi connectivity index (χ2v) is 7.74. The van der Waals surface area contributed by atoms with E-state index in [1.807, 2.05) is 13.8 Å². The maximum absolute atomic E-state index is 12.3. The fourth-order valence-corrected chi connectivity index (χ4v) is 4.02. The van der Waals surface area contributed by atoms with Gasteiger partial charge in [0.25, 0.3) is 0 Å². The Labute approximate surface area is 139 Å². The molecule has 1 amide bonds. The number of carbonyl (C=O) groups excluding carboxylic acids is 1. The van der Waals surface area contributed by atoms with Gasteiger partial charge >= 0.3 is 0 Å². The van der Waals surface area contributed by atoms with Gasteiger partial charge in [-0.15, -0.1) is 0 Å². The average Bonchev–Trinajstić information content (AvgIpc) is 3.04. The highest BCUT2D eigenvalue weighted by molar-refractivity contribution is 5.76. The van der Waals surface area contributed by atoms with E-state index < -0.39 is 0 Å². The van der Waals surface area contributed by atoms with Crippen molar-refractivity contribution in [2.24, 2.45) is 17.8 Å². The smallest absolute Gasteiger partial charge is 0.222 e. The Balaban J connectivity index is 1.58. The lowest BCUT2D eigenvalue weighted by Gasteiger charge is -2.34. The van der Waals surface area contributed by atoms with Crippen LogP contribution < -0.4 is 0 Å². The van der Waals surface area contributed by atoms with E-state index in [-0.39, 0.29) is 0 Å². The summed E-state index contributed by atoms with van der Waals surface area (Å²) in [5.41, 5.74) is 2.24. The Hall–Kier alpha value is -1.36. The van der Waals surface area contributed by atoms with Crippen LogP contribution in [0.4, 0.5) is 0 Å². The molecule has 0 N–H and O–H groups in total. The molecule has 0 saturated carbocycles. The van der Waals surface area contributed by atoms with Crippen LogP contribution in [-0.2, 0) is 11.3 Å². The molecule has 1 aromatic heterocycles. The number of piperidine rings is 1. The number of rotatable bonds is 4. The van der Waals surface area contributed by atoms with Crippen molar-refractivity contribution in [2.75, 3.05) is 26.2 Å². The van der Waals surface area contributed by atoms with Gasteiger partial charge in [-0.25, -0.2) is 0 Å². The van der Waals surface area contributed by atoms with Crippen LogP contribution in [0, 0.1) is 31.6 Å². The van der Waals surface area contributed by atoms with Gasteiger partial charge in [-0.1, -0.05) is 19.0 Å². The first kappa shape index (κ1) is 16.5. The highest BCUT2D eigenvalue weighted by atomic mass is 16.5. The van der Waals surface area contributed by atoms with Gasteiger partial charge in [-0.2, -0.15) is 0 Å². The van der Waals surface area contributed by atoms with Gasteiger partial charge in [-0.05, 0) is 44.6 Å². The number of fused-ring (bicyclic) bond motifs is 1. The van der Waals surface area contributed by atoms with E-state index in [1.165, 1.54) is 12.0 Å². The van der Waals surface area contributed by atoms with Crippen LogP contribution in [0.15, 0.2) is 4.52 Å². The molecule has 0 aliphatic carbocycles. The summed E-state index contributed by atoms with van der Waals surface area (Å²) in [5.74, 6) is 3.03. The normalized spacial score (nSPS) is 25.2. The molecule has 2 atom stereocenters. The van der Waals surface area contributed by atoms with Gasteiger partial charge < -0.3 is 9.42 Å². The lowest BCUT2D eigenvalue weighted by Crippen LogP contribution is -2.39. The number of amides is 1. The Morgan fingerprint density at radius 2 is 2.00 bits per heavy atom. The lowest BCUT2D eigenvalue weighted by molar-refractivity contribution is -0.131. The molecule has 3 rings (SSSR count). The maximum Gasteiger partial charge on any atom is 0.222 e. The molecule has 1 aromatic rings. The summed E-state index contributed by atoms with van der Waals surface area (Å²) in [4.78, 5) is 16.9. The second-order valence-electron chi connectivity index (χ2n) is 7.74. The van der Waals surface area contributed by atoms with Gasteiger partial charge in [0.1, 0.15) is 5.76 Å². The summed E-state index contributed by atoms with van der Waals surface area (Å²) in [7, 11) is 0. The standard InChI is InChI=1S/C18H29N3O2/c1-12(2)7-18(22)21-9-15-5-6-20(8-16(15)10-21)11-17-13(3)19-23-14(17)4/h12,15-16H,5-11H2,1-4H3/t15-,16+/m1/s1.